The van der Waals surface area contributed by atoms with E-state index in [1.807, 2.05) is 83.9 Å². The van der Waals surface area contributed by atoms with Gasteiger partial charge in [-0.2, -0.15) is 0 Å². The zero-order valence-electron chi connectivity index (χ0n) is 17.0. The van der Waals surface area contributed by atoms with E-state index in [4.69, 9.17) is 9.40 Å². The molecule has 2 heterocycles. The Morgan fingerprint density at radius 3 is 2.30 bits per heavy atom. The minimum Gasteiger partial charge on any atom is -0.440 e. The zero-order valence-corrected chi connectivity index (χ0v) is 17.8. The summed E-state index contributed by atoms with van der Waals surface area (Å²) in [7, 11) is 0. The molecule has 2 aromatic heterocycles. The van der Waals surface area contributed by atoms with Crippen LogP contribution in [0.2, 0.25) is 0 Å². The fourth-order valence-electron chi connectivity index (χ4n) is 3.39. The van der Waals surface area contributed by atoms with Crippen LogP contribution in [0.25, 0.3) is 22.6 Å². The summed E-state index contributed by atoms with van der Waals surface area (Å²) >= 11 is 1.67. The molecular weight excluding hydrogens is 392 g/mol. The SMILES string of the molecule is CCN(Cc1cccs1)C(=O)CCc1nc(-c2ccccc2)c(-c2ccccc2)o1. The van der Waals surface area contributed by atoms with Crippen molar-refractivity contribution in [2.75, 3.05) is 6.54 Å². The quantitative estimate of drug-likeness (QED) is 0.351. The fourth-order valence-corrected chi connectivity index (χ4v) is 4.11. The topological polar surface area (TPSA) is 46.3 Å². The van der Waals surface area contributed by atoms with Crippen LogP contribution in [-0.4, -0.2) is 22.3 Å². The van der Waals surface area contributed by atoms with Gasteiger partial charge in [0.2, 0.25) is 5.91 Å². The van der Waals surface area contributed by atoms with Crippen LogP contribution in [0, 0.1) is 0 Å². The van der Waals surface area contributed by atoms with E-state index in [2.05, 4.69) is 6.07 Å². The molecule has 0 aliphatic rings. The van der Waals surface area contributed by atoms with Crippen molar-refractivity contribution >= 4 is 17.2 Å². The van der Waals surface area contributed by atoms with Crippen molar-refractivity contribution in [3.63, 3.8) is 0 Å². The minimum atomic E-state index is 0.117. The molecule has 4 nitrogen and oxygen atoms in total. The Labute approximate surface area is 180 Å². The first-order valence-corrected chi connectivity index (χ1v) is 11.0. The lowest BCUT2D eigenvalue weighted by atomic mass is 10.1. The Morgan fingerprint density at radius 2 is 1.67 bits per heavy atom. The van der Waals surface area contributed by atoms with E-state index >= 15 is 0 Å². The summed E-state index contributed by atoms with van der Waals surface area (Å²) in [5, 5.41) is 2.04. The zero-order chi connectivity index (χ0) is 20.8. The van der Waals surface area contributed by atoms with Crippen molar-refractivity contribution in [1.29, 1.82) is 0 Å². The number of thiophene rings is 1. The molecule has 30 heavy (non-hydrogen) atoms. The number of hydrogen-bond acceptors (Lipinski definition) is 4. The maximum Gasteiger partial charge on any atom is 0.223 e. The molecule has 2 aromatic carbocycles. The highest BCUT2D eigenvalue weighted by Crippen LogP contribution is 2.32. The van der Waals surface area contributed by atoms with Crippen LogP contribution in [0.1, 0.15) is 24.1 Å². The van der Waals surface area contributed by atoms with Crippen LogP contribution in [0.3, 0.4) is 0 Å². The number of aromatic nitrogens is 1. The van der Waals surface area contributed by atoms with Gasteiger partial charge in [-0.15, -0.1) is 11.3 Å². The molecule has 0 saturated heterocycles. The van der Waals surface area contributed by atoms with Crippen molar-refractivity contribution in [2.45, 2.75) is 26.3 Å². The third kappa shape index (κ3) is 4.69. The van der Waals surface area contributed by atoms with Gasteiger partial charge >= 0.3 is 0 Å². The Bertz CT molecular complexity index is 1020. The summed E-state index contributed by atoms with van der Waals surface area (Å²) < 4.78 is 6.15. The second-order valence-electron chi connectivity index (χ2n) is 7.00. The first-order valence-electron chi connectivity index (χ1n) is 10.1. The number of amides is 1. The molecule has 0 aliphatic carbocycles. The van der Waals surface area contributed by atoms with Crippen molar-refractivity contribution in [3.05, 3.63) is 88.9 Å². The van der Waals surface area contributed by atoms with Crippen molar-refractivity contribution < 1.29 is 9.21 Å². The molecule has 0 radical (unpaired) electrons. The van der Waals surface area contributed by atoms with E-state index in [-0.39, 0.29) is 5.91 Å². The van der Waals surface area contributed by atoms with Gasteiger partial charge in [0.25, 0.3) is 0 Å². The fraction of sp³-hybridized carbons (Fsp3) is 0.200. The van der Waals surface area contributed by atoms with E-state index in [0.29, 0.717) is 31.8 Å². The Balaban J connectivity index is 1.53. The summed E-state index contributed by atoms with van der Waals surface area (Å²) in [6.45, 7) is 3.35. The summed E-state index contributed by atoms with van der Waals surface area (Å²) in [4.78, 5) is 20.6. The number of rotatable bonds is 8. The molecule has 0 fully saturated rings. The van der Waals surface area contributed by atoms with E-state index in [1.165, 1.54) is 4.88 Å². The van der Waals surface area contributed by atoms with Gasteiger partial charge < -0.3 is 9.32 Å². The first kappa shape index (κ1) is 20.1. The number of carbonyl (C=O) groups excluding carboxylic acids is 1. The lowest BCUT2D eigenvalue weighted by molar-refractivity contribution is -0.131. The lowest BCUT2D eigenvalue weighted by Gasteiger charge is -2.19. The van der Waals surface area contributed by atoms with E-state index in [1.54, 1.807) is 11.3 Å². The smallest absolute Gasteiger partial charge is 0.223 e. The highest BCUT2D eigenvalue weighted by Gasteiger charge is 2.19. The largest absolute Gasteiger partial charge is 0.440 e. The second-order valence-corrected chi connectivity index (χ2v) is 8.04. The number of nitrogens with zero attached hydrogens (tertiary/aromatic N) is 2. The molecule has 4 aromatic rings. The number of benzene rings is 2. The van der Waals surface area contributed by atoms with Gasteiger partial charge in [0.15, 0.2) is 11.7 Å². The summed E-state index contributed by atoms with van der Waals surface area (Å²) in [6.07, 6.45) is 0.856. The Morgan fingerprint density at radius 1 is 0.967 bits per heavy atom. The Hall–Kier alpha value is -3.18. The molecule has 0 atom stereocenters. The predicted octanol–water partition coefficient (Wildman–Crippen LogP) is 6.05. The van der Waals surface area contributed by atoms with Crippen molar-refractivity contribution in [2.24, 2.45) is 0 Å². The molecular formula is C25H24N2O2S. The van der Waals surface area contributed by atoms with Crippen LogP contribution >= 0.6 is 11.3 Å². The number of carbonyl (C=O) groups is 1. The van der Waals surface area contributed by atoms with Gasteiger partial charge in [-0.1, -0.05) is 66.7 Å². The van der Waals surface area contributed by atoms with Gasteiger partial charge in [0, 0.05) is 35.4 Å². The molecule has 4 rings (SSSR count). The molecule has 0 N–H and O–H groups in total. The summed E-state index contributed by atoms with van der Waals surface area (Å²) in [5.74, 6) is 1.45. The Kier molecular flexibility index (Phi) is 6.40. The normalized spacial score (nSPS) is 10.8. The third-order valence-corrected chi connectivity index (χ3v) is 5.83. The molecule has 0 unspecified atom stereocenters. The molecule has 0 bridgehead atoms. The standard InChI is InChI=1S/C25H24N2O2S/c1-2-27(18-21-14-9-17-30-21)23(28)16-15-22-26-24(19-10-5-3-6-11-19)25(29-22)20-12-7-4-8-13-20/h3-14,17H,2,15-16,18H2,1H3. The van der Waals surface area contributed by atoms with Crippen LogP contribution in [0.5, 0.6) is 0 Å². The predicted molar refractivity (Wildman–Crippen MR) is 121 cm³/mol. The van der Waals surface area contributed by atoms with Gasteiger partial charge in [-0.25, -0.2) is 4.98 Å². The summed E-state index contributed by atoms with van der Waals surface area (Å²) in [5.41, 5.74) is 2.80. The number of oxazole rings is 1. The molecule has 152 valence electrons. The number of aryl methyl sites for hydroxylation is 1. The van der Waals surface area contributed by atoms with Crippen molar-refractivity contribution in [3.8, 4) is 22.6 Å². The highest BCUT2D eigenvalue weighted by atomic mass is 32.1. The van der Waals surface area contributed by atoms with Crippen molar-refractivity contribution in [1.82, 2.24) is 9.88 Å². The summed E-state index contributed by atoms with van der Waals surface area (Å²) in [6, 6.07) is 24.1. The van der Waals surface area contributed by atoms with E-state index in [9.17, 15) is 4.79 Å². The maximum absolute atomic E-state index is 12.8. The lowest BCUT2D eigenvalue weighted by Crippen LogP contribution is -2.30. The van der Waals surface area contributed by atoms with Gasteiger partial charge in [0.1, 0.15) is 5.69 Å². The molecule has 5 heteroatoms. The second kappa shape index (κ2) is 9.55. The molecule has 0 spiro atoms. The van der Waals surface area contributed by atoms with Gasteiger partial charge in [0.05, 0.1) is 6.54 Å². The highest BCUT2D eigenvalue weighted by molar-refractivity contribution is 7.09. The van der Waals surface area contributed by atoms with Crippen LogP contribution in [-0.2, 0) is 17.8 Å². The number of hydrogen-bond donors (Lipinski definition) is 0. The van der Waals surface area contributed by atoms with Crippen LogP contribution < -0.4 is 0 Å². The minimum absolute atomic E-state index is 0.117. The average Bonchev–Trinajstić information content (AvgIpc) is 3.47. The average molecular weight is 417 g/mol. The molecule has 0 aliphatic heterocycles. The van der Waals surface area contributed by atoms with Crippen LogP contribution in [0.15, 0.2) is 82.6 Å². The van der Waals surface area contributed by atoms with E-state index < -0.39 is 0 Å². The van der Waals surface area contributed by atoms with Gasteiger partial charge in [-0.05, 0) is 18.4 Å². The first-order chi connectivity index (χ1) is 14.7. The van der Waals surface area contributed by atoms with E-state index in [0.717, 1.165) is 22.6 Å². The molecule has 0 saturated carbocycles. The monoisotopic (exact) mass is 416 g/mol. The van der Waals surface area contributed by atoms with Crippen LogP contribution in [0.4, 0.5) is 0 Å². The van der Waals surface area contributed by atoms with Gasteiger partial charge in [-0.3, -0.25) is 4.79 Å². The maximum atomic E-state index is 12.8. The molecule has 1 amide bonds. The third-order valence-electron chi connectivity index (χ3n) is 4.97.